The number of para-hydroxylation sites is 1. The van der Waals surface area contributed by atoms with Crippen LogP contribution >= 0.6 is 20.6 Å². The molecular weight excluding hydrogens is 517 g/mol. The molecule has 13 heteroatoms. The van der Waals surface area contributed by atoms with Gasteiger partial charge in [0.25, 0.3) is 0 Å². The lowest BCUT2D eigenvalue weighted by Gasteiger charge is -2.25. The summed E-state index contributed by atoms with van der Waals surface area (Å²) in [6.07, 6.45) is 1.16. The molecule has 4 rings (SSSR count). The van der Waals surface area contributed by atoms with Gasteiger partial charge in [-0.1, -0.05) is 6.07 Å². The molecule has 0 saturated carbocycles. The molecule has 1 fully saturated rings. The van der Waals surface area contributed by atoms with Gasteiger partial charge < -0.3 is 43.0 Å². The number of aromatic nitrogens is 2. The van der Waals surface area contributed by atoms with Gasteiger partial charge in [-0.05, 0) is 24.4 Å². The molecule has 3 heterocycles. The summed E-state index contributed by atoms with van der Waals surface area (Å²) in [6, 6.07) is 5.44. The molecule has 1 N–H and O–H groups in total. The first-order chi connectivity index (χ1) is 18.9. The number of fused-ring (bicyclic) bond motifs is 2. The minimum absolute atomic E-state index is 0.0140. The molecule has 2 aliphatic rings. The summed E-state index contributed by atoms with van der Waals surface area (Å²) in [7, 11) is -2.74. The Morgan fingerprint density at radius 3 is 3.03 bits per heavy atom. The minimum Gasteiger partial charge on any atom is -0.491 e. The summed E-state index contributed by atoms with van der Waals surface area (Å²) in [5, 5.41) is 3.25. The van der Waals surface area contributed by atoms with Crippen molar-refractivity contribution in [1.82, 2.24) is 9.55 Å². The van der Waals surface area contributed by atoms with E-state index in [-0.39, 0.29) is 24.5 Å². The van der Waals surface area contributed by atoms with Gasteiger partial charge in [0.1, 0.15) is 30.4 Å². The van der Waals surface area contributed by atoms with Crippen molar-refractivity contribution in [3.05, 3.63) is 52.0 Å². The molecule has 1 aromatic heterocycles. The van der Waals surface area contributed by atoms with E-state index in [0.717, 1.165) is 0 Å². The SMILES string of the molecule is [2H]C([3H])OC[C@H]1O[C@@H](n2cc3c(nc2=S)Nc2c(OCCC[N+]#[C-])cccc2O3)CC1OP(C)OCC[N+]#[C-]. The Morgan fingerprint density at radius 2 is 2.22 bits per heavy atom. The average Bonchev–Trinajstić information content (AvgIpc) is 3.30. The highest BCUT2D eigenvalue weighted by Crippen LogP contribution is 2.47. The lowest BCUT2D eigenvalue weighted by atomic mass is 10.2. The fourth-order valence-corrected chi connectivity index (χ4v) is 5.15. The Balaban J connectivity index is 1.50. The van der Waals surface area contributed by atoms with Crippen molar-refractivity contribution < 1.29 is 30.7 Å². The number of anilines is 2. The third kappa shape index (κ3) is 6.74. The first-order valence-corrected chi connectivity index (χ1v) is 13.6. The van der Waals surface area contributed by atoms with Crippen LogP contribution in [0.5, 0.6) is 17.2 Å². The van der Waals surface area contributed by atoms with Crippen LogP contribution in [0.2, 0.25) is 0 Å². The van der Waals surface area contributed by atoms with Gasteiger partial charge in [-0.3, -0.25) is 4.57 Å². The van der Waals surface area contributed by atoms with Crippen LogP contribution in [0.1, 0.15) is 21.8 Å². The van der Waals surface area contributed by atoms with Crippen LogP contribution < -0.4 is 14.8 Å². The Bertz CT molecular complexity index is 1290. The molecule has 2 aliphatic heterocycles. The molecule has 1 saturated heterocycles. The summed E-state index contributed by atoms with van der Waals surface area (Å²) in [6.45, 7) is 16.9. The molecule has 5 atom stereocenters. The molecule has 1 aromatic carbocycles. The fourth-order valence-electron chi connectivity index (χ4n) is 3.89. The summed E-state index contributed by atoms with van der Waals surface area (Å²) in [5.74, 6) is 2.02. The lowest BCUT2D eigenvalue weighted by Crippen LogP contribution is -2.27. The fraction of sp³-hybridized carbons (Fsp3) is 0.500. The van der Waals surface area contributed by atoms with Crippen LogP contribution in [0.15, 0.2) is 24.4 Å². The maximum absolute atomic E-state index is 7.37. The van der Waals surface area contributed by atoms with E-state index < -0.39 is 33.9 Å². The Hall–Kier alpha value is -2.83. The Morgan fingerprint density at radius 1 is 1.35 bits per heavy atom. The Labute approximate surface area is 225 Å². The van der Waals surface area contributed by atoms with Gasteiger partial charge in [0.15, 0.2) is 25.7 Å². The largest absolute Gasteiger partial charge is 0.491 e. The first kappa shape index (κ1) is 24.5. The van der Waals surface area contributed by atoms with Crippen molar-refractivity contribution >= 4 is 32.1 Å². The van der Waals surface area contributed by atoms with Crippen molar-refractivity contribution in [3.63, 3.8) is 0 Å². The summed E-state index contributed by atoms with van der Waals surface area (Å²) >= 11 is 5.58. The zero-order valence-corrected chi connectivity index (χ0v) is 21.9. The van der Waals surface area contributed by atoms with Gasteiger partial charge in [0.05, 0.1) is 34.7 Å². The average molecular weight is 549 g/mol. The molecule has 0 aliphatic carbocycles. The van der Waals surface area contributed by atoms with E-state index in [1.54, 1.807) is 17.4 Å². The van der Waals surface area contributed by atoms with Crippen LogP contribution in [0.3, 0.4) is 0 Å². The molecule has 3 unspecified atom stereocenters. The standard InChI is InChI=1S/C24H28N5O6PS/c1-25-9-6-11-31-16-7-5-8-17-22(16)27-23-19(33-17)14-29(24(37)28-23)21-13-18(20(34-21)15-30-3)35-36(4)32-12-10-26-2/h5,7-8,14,18,20-21H,6,9-13,15H2,3-4H3,(H,27,28,37)/t18?,20-,21-,36?/m1/s1/i3TD/t3?,18?,20-,21-,36?. The molecular formula is C24H28N5O6PS. The number of nitrogens with one attached hydrogen (secondary N) is 1. The number of hydrogen-bond donors (Lipinski definition) is 1. The quantitative estimate of drug-likeness (QED) is 0.139. The third-order valence-electron chi connectivity index (χ3n) is 5.55. The van der Waals surface area contributed by atoms with E-state index in [9.17, 15) is 0 Å². The molecule has 37 heavy (non-hydrogen) atoms. The lowest BCUT2D eigenvalue weighted by molar-refractivity contribution is -0.0506. The second-order valence-corrected chi connectivity index (χ2v) is 9.79. The van der Waals surface area contributed by atoms with Gasteiger partial charge in [-0.15, -0.1) is 0 Å². The number of benzene rings is 1. The smallest absolute Gasteiger partial charge is 0.238 e. The number of nitrogens with zero attached hydrogens (tertiary/aromatic N) is 4. The predicted molar refractivity (Wildman–Crippen MR) is 140 cm³/mol. The highest BCUT2D eigenvalue weighted by Gasteiger charge is 2.39. The topological polar surface area (TPSA) is 94.0 Å². The third-order valence-corrected chi connectivity index (χ3v) is 6.97. The summed E-state index contributed by atoms with van der Waals surface area (Å²) in [4.78, 5) is 11.1. The van der Waals surface area contributed by atoms with Gasteiger partial charge >= 0.3 is 0 Å². The van der Waals surface area contributed by atoms with E-state index in [1.807, 2.05) is 18.2 Å². The summed E-state index contributed by atoms with van der Waals surface area (Å²) < 4.78 is 51.7. The van der Waals surface area contributed by atoms with Crippen molar-refractivity contribution in [3.8, 4) is 17.2 Å². The summed E-state index contributed by atoms with van der Waals surface area (Å²) in [5.41, 5.74) is 0.630. The molecule has 196 valence electrons. The second kappa shape index (κ2) is 13.1. The van der Waals surface area contributed by atoms with Crippen LogP contribution in [-0.2, 0) is 18.5 Å². The van der Waals surface area contributed by atoms with Gasteiger partial charge in [0.2, 0.25) is 17.9 Å². The number of ether oxygens (including phenoxy) is 4. The van der Waals surface area contributed by atoms with Gasteiger partial charge in [0, 0.05) is 20.1 Å². The molecule has 11 nitrogen and oxygen atoms in total. The van der Waals surface area contributed by atoms with Crippen molar-refractivity contribution in [2.45, 2.75) is 31.3 Å². The zero-order valence-electron chi connectivity index (χ0n) is 22.2. The van der Waals surface area contributed by atoms with Crippen LogP contribution in [0, 0.1) is 17.9 Å². The minimum atomic E-state index is -1.46. The molecule has 0 spiro atoms. The molecule has 0 bridgehead atoms. The molecule has 2 aromatic rings. The second-order valence-electron chi connectivity index (χ2n) is 8.08. The van der Waals surface area contributed by atoms with Crippen molar-refractivity contribution in [2.24, 2.45) is 0 Å². The predicted octanol–water partition coefficient (Wildman–Crippen LogP) is 5.35. The monoisotopic (exact) mass is 548 g/mol. The Kier molecular flexibility index (Phi) is 8.68. The number of hydrogen-bond acceptors (Lipinski definition) is 9. The van der Waals surface area contributed by atoms with E-state index in [0.29, 0.717) is 54.7 Å². The first-order valence-electron chi connectivity index (χ1n) is 12.7. The van der Waals surface area contributed by atoms with Gasteiger partial charge in [-0.2, -0.15) is 4.98 Å². The maximum atomic E-state index is 7.37. The van der Waals surface area contributed by atoms with E-state index in [4.69, 9.17) is 56.1 Å². The van der Waals surface area contributed by atoms with Crippen molar-refractivity contribution in [1.29, 1.82) is 0 Å². The number of methoxy groups -OCH3 is 1. The van der Waals surface area contributed by atoms with E-state index >= 15 is 0 Å². The zero-order chi connectivity index (χ0) is 27.8. The highest BCUT2D eigenvalue weighted by atomic mass is 32.1. The number of rotatable bonds is 12. The van der Waals surface area contributed by atoms with E-state index in [2.05, 4.69) is 20.0 Å². The molecule has 0 amide bonds. The highest BCUT2D eigenvalue weighted by molar-refractivity contribution is 7.71. The van der Waals surface area contributed by atoms with Crippen molar-refractivity contribution in [2.75, 3.05) is 52.0 Å². The van der Waals surface area contributed by atoms with Crippen LogP contribution in [0.4, 0.5) is 11.5 Å². The van der Waals surface area contributed by atoms with Crippen LogP contribution in [-0.4, -0.2) is 68.4 Å². The van der Waals surface area contributed by atoms with Gasteiger partial charge in [-0.25, -0.2) is 13.1 Å². The molecule has 0 radical (unpaired) electrons. The normalized spacial score (nSPS) is 22.1. The van der Waals surface area contributed by atoms with Crippen LogP contribution in [0.25, 0.3) is 9.69 Å². The maximum Gasteiger partial charge on any atom is 0.238 e. The van der Waals surface area contributed by atoms with E-state index in [1.165, 1.54) is 0 Å².